The highest BCUT2D eigenvalue weighted by Crippen LogP contribution is 2.13. The molecule has 1 fully saturated rings. The highest BCUT2D eigenvalue weighted by Gasteiger charge is 2.14. The molecule has 0 aromatic heterocycles. The van der Waals surface area contributed by atoms with Crippen LogP contribution in [0.25, 0.3) is 0 Å². The van der Waals surface area contributed by atoms with Crippen molar-refractivity contribution in [2.45, 2.75) is 32.3 Å². The molecule has 1 aliphatic heterocycles. The highest BCUT2D eigenvalue weighted by molar-refractivity contribution is 4.68. The summed E-state index contributed by atoms with van der Waals surface area (Å²) >= 11 is 0. The third-order valence-electron chi connectivity index (χ3n) is 2.80. The average molecular weight is 201 g/mol. The maximum absolute atomic E-state index is 5.78. The lowest BCUT2D eigenvalue weighted by Crippen LogP contribution is -2.30. The summed E-state index contributed by atoms with van der Waals surface area (Å²) in [7, 11) is 1.74. The van der Waals surface area contributed by atoms with Crippen LogP contribution in [-0.4, -0.2) is 39.5 Å². The van der Waals surface area contributed by atoms with Crippen LogP contribution in [0.2, 0.25) is 0 Å². The van der Waals surface area contributed by atoms with E-state index in [1.807, 2.05) is 0 Å². The minimum atomic E-state index is 0.338. The van der Waals surface area contributed by atoms with E-state index in [9.17, 15) is 0 Å². The van der Waals surface area contributed by atoms with Crippen LogP contribution in [0.3, 0.4) is 0 Å². The zero-order valence-corrected chi connectivity index (χ0v) is 9.42. The van der Waals surface area contributed by atoms with E-state index < -0.39 is 0 Å². The molecule has 1 N–H and O–H groups in total. The van der Waals surface area contributed by atoms with Crippen LogP contribution in [0.15, 0.2) is 0 Å². The smallest absolute Gasteiger partial charge is 0.0569 e. The van der Waals surface area contributed by atoms with Crippen LogP contribution in [0.4, 0.5) is 0 Å². The Morgan fingerprint density at radius 3 is 2.71 bits per heavy atom. The lowest BCUT2D eigenvalue weighted by Gasteiger charge is -2.24. The number of methoxy groups -OCH3 is 1. The van der Waals surface area contributed by atoms with Crippen LogP contribution in [0, 0.1) is 5.92 Å². The van der Waals surface area contributed by atoms with Crippen molar-refractivity contribution >= 4 is 0 Å². The Balaban J connectivity index is 2.00. The number of nitrogens with one attached hydrogen (secondary N) is 1. The largest absolute Gasteiger partial charge is 0.385 e. The van der Waals surface area contributed by atoms with Gasteiger partial charge in [0.15, 0.2) is 0 Å². The van der Waals surface area contributed by atoms with Gasteiger partial charge in [-0.15, -0.1) is 0 Å². The first kappa shape index (κ1) is 12.0. The first-order valence-corrected chi connectivity index (χ1v) is 5.64. The minimum absolute atomic E-state index is 0.338. The molecule has 1 heterocycles. The Bertz CT molecular complexity index is 135. The van der Waals surface area contributed by atoms with Gasteiger partial charge < -0.3 is 14.8 Å². The van der Waals surface area contributed by atoms with Crippen molar-refractivity contribution in [2.24, 2.45) is 5.92 Å². The van der Waals surface area contributed by atoms with Gasteiger partial charge in [-0.05, 0) is 45.2 Å². The maximum Gasteiger partial charge on any atom is 0.0569 e. The van der Waals surface area contributed by atoms with Gasteiger partial charge in [-0.25, -0.2) is 0 Å². The molecular formula is C11H23NO2. The number of hydrogen-bond donors (Lipinski definition) is 1. The van der Waals surface area contributed by atoms with E-state index in [1.165, 1.54) is 12.8 Å². The molecule has 0 radical (unpaired) electrons. The number of piperidine rings is 1. The quantitative estimate of drug-likeness (QED) is 0.705. The second-order valence-corrected chi connectivity index (χ2v) is 4.12. The summed E-state index contributed by atoms with van der Waals surface area (Å²) < 4.78 is 10.8. The van der Waals surface area contributed by atoms with E-state index in [4.69, 9.17) is 9.47 Å². The topological polar surface area (TPSA) is 30.5 Å². The summed E-state index contributed by atoms with van der Waals surface area (Å²) in [6.45, 7) is 6.15. The van der Waals surface area contributed by atoms with Crippen molar-refractivity contribution in [3.63, 3.8) is 0 Å². The zero-order valence-electron chi connectivity index (χ0n) is 9.42. The second-order valence-electron chi connectivity index (χ2n) is 4.12. The predicted octanol–water partition coefficient (Wildman–Crippen LogP) is 1.43. The number of rotatable bonds is 6. The van der Waals surface area contributed by atoms with Gasteiger partial charge in [-0.1, -0.05) is 0 Å². The summed E-state index contributed by atoms with van der Waals surface area (Å²) in [4.78, 5) is 0. The van der Waals surface area contributed by atoms with Crippen LogP contribution in [0.1, 0.15) is 26.2 Å². The lowest BCUT2D eigenvalue weighted by molar-refractivity contribution is 0.0150. The normalized spacial score (nSPS) is 21.0. The molecule has 1 unspecified atom stereocenters. The molecule has 1 rings (SSSR count). The van der Waals surface area contributed by atoms with Gasteiger partial charge >= 0.3 is 0 Å². The Morgan fingerprint density at radius 1 is 1.36 bits per heavy atom. The molecule has 14 heavy (non-hydrogen) atoms. The summed E-state index contributed by atoms with van der Waals surface area (Å²) in [5.41, 5.74) is 0. The fourth-order valence-corrected chi connectivity index (χ4v) is 1.72. The molecule has 1 atom stereocenters. The van der Waals surface area contributed by atoms with Gasteiger partial charge in [0.05, 0.1) is 6.10 Å². The molecule has 0 bridgehead atoms. The Labute approximate surface area is 87.2 Å². The highest BCUT2D eigenvalue weighted by atomic mass is 16.5. The van der Waals surface area contributed by atoms with Gasteiger partial charge in [0.25, 0.3) is 0 Å². The lowest BCUT2D eigenvalue weighted by atomic mass is 9.99. The molecule has 84 valence electrons. The molecule has 3 heteroatoms. The second kappa shape index (κ2) is 7.21. The monoisotopic (exact) mass is 201 g/mol. The summed E-state index contributed by atoms with van der Waals surface area (Å²) in [6, 6.07) is 0. The average Bonchev–Trinajstić information content (AvgIpc) is 2.25. The van der Waals surface area contributed by atoms with Crippen molar-refractivity contribution in [2.75, 3.05) is 33.4 Å². The van der Waals surface area contributed by atoms with E-state index in [0.717, 1.165) is 38.6 Å². The van der Waals surface area contributed by atoms with Crippen LogP contribution < -0.4 is 5.32 Å². The summed E-state index contributed by atoms with van der Waals surface area (Å²) in [5.74, 6) is 0.765. The molecular weight excluding hydrogens is 178 g/mol. The molecule has 0 aromatic carbocycles. The van der Waals surface area contributed by atoms with Gasteiger partial charge in [0.2, 0.25) is 0 Å². The fraction of sp³-hybridized carbons (Fsp3) is 1.00. The molecule has 3 nitrogen and oxygen atoms in total. The third kappa shape index (κ3) is 4.94. The summed E-state index contributed by atoms with van der Waals surface area (Å²) in [5, 5.41) is 3.36. The molecule has 0 amide bonds. The van der Waals surface area contributed by atoms with Crippen LogP contribution in [0.5, 0.6) is 0 Å². The van der Waals surface area contributed by atoms with Gasteiger partial charge in [-0.3, -0.25) is 0 Å². The minimum Gasteiger partial charge on any atom is -0.385 e. The third-order valence-corrected chi connectivity index (χ3v) is 2.80. The first-order chi connectivity index (χ1) is 6.83. The van der Waals surface area contributed by atoms with Crippen LogP contribution >= 0.6 is 0 Å². The Hall–Kier alpha value is -0.120. The van der Waals surface area contributed by atoms with E-state index >= 15 is 0 Å². The summed E-state index contributed by atoms with van der Waals surface area (Å²) in [6.07, 6.45) is 3.86. The predicted molar refractivity (Wildman–Crippen MR) is 57.5 cm³/mol. The SMILES string of the molecule is COCCC(C)OCC1CCNCC1. The zero-order chi connectivity index (χ0) is 10.2. The molecule has 0 saturated carbocycles. The van der Waals surface area contributed by atoms with Crippen molar-refractivity contribution in [3.8, 4) is 0 Å². The number of hydrogen-bond acceptors (Lipinski definition) is 3. The number of ether oxygens (including phenoxy) is 2. The molecule has 0 spiro atoms. The molecule has 0 aromatic rings. The van der Waals surface area contributed by atoms with E-state index in [0.29, 0.717) is 6.10 Å². The van der Waals surface area contributed by atoms with E-state index in [1.54, 1.807) is 7.11 Å². The van der Waals surface area contributed by atoms with Crippen molar-refractivity contribution in [3.05, 3.63) is 0 Å². The van der Waals surface area contributed by atoms with Crippen molar-refractivity contribution in [1.82, 2.24) is 5.32 Å². The van der Waals surface area contributed by atoms with Crippen molar-refractivity contribution < 1.29 is 9.47 Å². The maximum atomic E-state index is 5.78. The van der Waals surface area contributed by atoms with Gasteiger partial charge in [0.1, 0.15) is 0 Å². The van der Waals surface area contributed by atoms with E-state index in [2.05, 4.69) is 12.2 Å². The Kier molecular flexibility index (Phi) is 6.15. The molecule has 1 saturated heterocycles. The first-order valence-electron chi connectivity index (χ1n) is 5.64. The van der Waals surface area contributed by atoms with Gasteiger partial charge in [-0.2, -0.15) is 0 Å². The molecule has 0 aliphatic carbocycles. The van der Waals surface area contributed by atoms with Crippen LogP contribution in [-0.2, 0) is 9.47 Å². The van der Waals surface area contributed by atoms with Crippen molar-refractivity contribution in [1.29, 1.82) is 0 Å². The molecule has 1 aliphatic rings. The fourth-order valence-electron chi connectivity index (χ4n) is 1.72. The van der Waals surface area contributed by atoms with Gasteiger partial charge in [0, 0.05) is 20.3 Å². The Morgan fingerprint density at radius 2 is 2.07 bits per heavy atom. The van der Waals surface area contributed by atoms with E-state index in [-0.39, 0.29) is 0 Å². The standard InChI is InChI=1S/C11H23NO2/c1-10(5-8-13-2)14-9-11-3-6-12-7-4-11/h10-12H,3-9H2,1-2H3.